The summed E-state index contributed by atoms with van der Waals surface area (Å²) >= 11 is 0. The lowest BCUT2D eigenvalue weighted by Gasteiger charge is -2.22. The molecule has 0 aliphatic heterocycles. The van der Waals surface area contributed by atoms with Crippen molar-refractivity contribution >= 4 is 11.9 Å². The number of hydrogen-bond acceptors (Lipinski definition) is 5. The van der Waals surface area contributed by atoms with E-state index >= 15 is 0 Å². The molecule has 1 amide bonds. The second-order valence-corrected chi connectivity index (χ2v) is 23.9. The van der Waals surface area contributed by atoms with Gasteiger partial charge in [-0.2, -0.15) is 0 Å². The molecule has 0 aromatic carbocycles. The average molecular weight is 1050 g/mol. The van der Waals surface area contributed by atoms with Gasteiger partial charge < -0.3 is 20.3 Å². The number of hydrogen-bond donors (Lipinski definition) is 3. The Morgan fingerprint density at radius 1 is 0.324 bits per heavy atom. The number of aliphatic hydroxyl groups excluding tert-OH is 2. The Morgan fingerprint density at radius 2 is 0.554 bits per heavy atom. The summed E-state index contributed by atoms with van der Waals surface area (Å²) in [5.41, 5.74) is 0. The fourth-order valence-electron chi connectivity index (χ4n) is 11.2. The van der Waals surface area contributed by atoms with E-state index in [4.69, 9.17) is 4.74 Å². The van der Waals surface area contributed by atoms with E-state index in [0.29, 0.717) is 25.9 Å². The van der Waals surface area contributed by atoms with Crippen LogP contribution in [0.25, 0.3) is 0 Å². The molecule has 6 nitrogen and oxygen atoms in total. The third-order valence-electron chi connectivity index (χ3n) is 16.4. The summed E-state index contributed by atoms with van der Waals surface area (Å²) in [5, 5.41) is 23.4. The molecule has 0 aromatic rings. The second kappa shape index (κ2) is 64.4. The molecule has 2 unspecified atom stereocenters. The molecule has 0 heterocycles. The molecule has 0 aliphatic rings. The molecule has 3 N–H and O–H groups in total. The van der Waals surface area contributed by atoms with Crippen molar-refractivity contribution in [2.75, 3.05) is 13.2 Å². The van der Waals surface area contributed by atoms with E-state index in [-0.39, 0.29) is 18.5 Å². The van der Waals surface area contributed by atoms with Crippen molar-refractivity contribution in [2.24, 2.45) is 0 Å². The van der Waals surface area contributed by atoms with Crippen molar-refractivity contribution in [2.45, 2.75) is 411 Å². The lowest BCUT2D eigenvalue weighted by atomic mass is 10.0. The van der Waals surface area contributed by atoms with Crippen LogP contribution in [0.1, 0.15) is 399 Å². The van der Waals surface area contributed by atoms with Crippen LogP contribution in [0.5, 0.6) is 0 Å². The first-order valence-electron chi connectivity index (χ1n) is 34.3. The molecule has 0 saturated heterocycles. The smallest absolute Gasteiger partial charge is 0.305 e. The van der Waals surface area contributed by atoms with Gasteiger partial charge >= 0.3 is 5.97 Å². The minimum atomic E-state index is -0.665. The Balaban J connectivity index is 3.36. The van der Waals surface area contributed by atoms with Crippen molar-refractivity contribution in [3.63, 3.8) is 0 Å². The van der Waals surface area contributed by atoms with E-state index in [1.165, 1.54) is 327 Å². The molecule has 0 aromatic heterocycles. The van der Waals surface area contributed by atoms with Gasteiger partial charge in [-0.15, -0.1) is 0 Å². The maximum atomic E-state index is 12.5. The van der Waals surface area contributed by atoms with E-state index in [2.05, 4.69) is 19.2 Å². The molecule has 0 rings (SSSR count). The molecular weight excluding hydrogens is 911 g/mol. The minimum absolute atomic E-state index is 0.0169. The molecule has 0 bridgehead atoms. The average Bonchev–Trinajstić information content (AvgIpc) is 3.40. The van der Waals surface area contributed by atoms with Crippen LogP contribution < -0.4 is 5.32 Å². The van der Waals surface area contributed by atoms with Crippen molar-refractivity contribution in [1.29, 1.82) is 0 Å². The third kappa shape index (κ3) is 60.1. The zero-order valence-electron chi connectivity index (χ0n) is 50.6. The first kappa shape index (κ1) is 72.9. The van der Waals surface area contributed by atoms with Crippen molar-refractivity contribution in [3.8, 4) is 0 Å². The normalized spacial score (nSPS) is 12.4. The number of rotatable bonds is 65. The Labute approximate surface area is 464 Å². The highest BCUT2D eigenvalue weighted by Gasteiger charge is 2.20. The van der Waals surface area contributed by atoms with E-state index in [1.807, 2.05) is 0 Å². The number of unbranched alkanes of at least 4 members (excludes halogenated alkanes) is 54. The summed E-state index contributed by atoms with van der Waals surface area (Å²) in [5.74, 6) is -0.0152. The zero-order chi connectivity index (χ0) is 53.6. The number of amides is 1. The Hall–Kier alpha value is -1.14. The zero-order valence-corrected chi connectivity index (χ0v) is 50.6. The maximum Gasteiger partial charge on any atom is 0.305 e. The van der Waals surface area contributed by atoms with Crippen molar-refractivity contribution < 1.29 is 24.5 Å². The Morgan fingerprint density at radius 3 is 0.824 bits per heavy atom. The molecule has 0 spiro atoms. The predicted molar refractivity (Wildman–Crippen MR) is 324 cm³/mol. The van der Waals surface area contributed by atoms with E-state index < -0.39 is 12.1 Å². The molecule has 74 heavy (non-hydrogen) atoms. The number of carbonyl (C=O) groups is 2. The van der Waals surface area contributed by atoms with Crippen molar-refractivity contribution in [3.05, 3.63) is 0 Å². The largest absolute Gasteiger partial charge is 0.466 e. The van der Waals surface area contributed by atoms with E-state index in [1.54, 1.807) is 0 Å². The summed E-state index contributed by atoms with van der Waals surface area (Å²) in [6, 6.07) is -0.542. The van der Waals surface area contributed by atoms with Crippen LogP contribution in [0, 0.1) is 0 Å². The van der Waals surface area contributed by atoms with Gasteiger partial charge in [-0.1, -0.05) is 361 Å². The van der Waals surface area contributed by atoms with E-state index in [0.717, 1.165) is 38.5 Å². The van der Waals surface area contributed by atoms with Crippen LogP contribution in [0.3, 0.4) is 0 Å². The van der Waals surface area contributed by atoms with Crippen LogP contribution in [-0.2, 0) is 14.3 Å². The molecule has 0 radical (unpaired) electrons. The Kier molecular flexibility index (Phi) is 63.4. The molecule has 0 fully saturated rings. The van der Waals surface area contributed by atoms with Gasteiger partial charge in [0.1, 0.15) is 0 Å². The first-order chi connectivity index (χ1) is 36.5. The molecular formula is C68H135NO5. The van der Waals surface area contributed by atoms with Gasteiger partial charge in [0.05, 0.1) is 25.4 Å². The predicted octanol–water partition coefficient (Wildman–Crippen LogP) is 21.8. The quantitative estimate of drug-likeness (QED) is 0.0417. The molecule has 2 atom stereocenters. The number of nitrogens with one attached hydrogen (secondary N) is 1. The molecule has 6 heteroatoms. The van der Waals surface area contributed by atoms with Gasteiger partial charge in [0, 0.05) is 12.8 Å². The van der Waals surface area contributed by atoms with Crippen LogP contribution >= 0.6 is 0 Å². The summed E-state index contributed by atoms with van der Waals surface area (Å²) < 4.78 is 5.51. The van der Waals surface area contributed by atoms with Crippen LogP contribution in [0.15, 0.2) is 0 Å². The fraction of sp³-hybridized carbons (Fsp3) is 0.971. The Bertz CT molecular complexity index is 1070. The highest BCUT2D eigenvalue weighted by atomic mass is 16.5. The summed E-state index contributed by atoms with van der Waals surface area (Å²) in [6.07, 6.45) is 77.0. The monoisotopic (exact) mass is 1050 g/mol. The van der Waals surface area contributed by atoms with Gasteiger partial charge in [-0.3, -0.25) is 9.59 Å². The lowest BCUT2D eigenvalue weighted by molar-refractivity contribution is -0.143. The third-order valence-corrected chi connectivity index (χ3v) is 16.4. The standard InChI is InChI=1S/C68H135NO5/c1-3-5-7-9-11-13-15-17-19-21-25-30-34-38-42-46-50-54-58-62-68(73)74-63-59-55-51-47-43-39-35-31-27-24-23-26-29-33-37-41-45-49-53-57-61-67(72)69-65(64-70)66(71)60-56-52-48-44-40-36-32-28-22-20-18-16-14-12-10-8-6-4-2/h65-66,70-71H,3-64H2,1-2H3,(H,69,72). The fourth-order valence-corrected chi connectivity index (χ4v) is 11.2. The summed E-state index contributed by atoms with van der Waals surface area (Å²) in [7, 11) is 0. The van der Waals surface area contributed by atoms with Gasteiger partial charge in [0.2, 0.25) is 5.91 Å². The van der Waals surface area contributed by atoms with Crippen molar-refractivity contribution in [1.82, 2.24) is 5.32 Å². The van der Waals surface area contributed by atoms with Gasteiger partial charge in [0.15, 0.2) is 0 Å². The van der Waals surface area contributed by atoms with Crippen LogP contribution in [-0.4, -0.2) is 47.4 Å². The first-order valence-corrected chi connectivity index (χ1v) is 34.3. The van der Waals surface area contributed by atoms with Gasteiger partial charge in [0.25, 0.3) is 0 Å². The molecule has 0 saturated carbocycles. The van der Waals surface area contributed by atoms with E-state index in [9.17, 15) is 19.8 Å². The molecule has 442 valence electrons. The summed E-state index contributed by atoms with van der Waals surface area (Å²) in [4.78, 5) is 24.6. The van der Waals surface area contributed by atoms with Gasteiger partial charge in [-0.25, -0.2) is 0 Å². The number of carbonyl (C=O) groups excluding carboxylic acids is 2. The SMILES string of the molecule is CCCCCCCCCCCCCCCCCCCCCC(=O)OCCCCCCCCCCCCCCCCCCCCCCC(=O)NC(CO)C(O)CCCCCCCCCCCCCCCCCCCC. The number of aliphatic hydroxyl groups is 2. The number of ether oxygens (including phenoxy) is 1. The minimum Gasteiger partial charge on any atom is -0.466 e. The highest BCUT2D eigenvalue weighted by molar-refractivity contribution is 5.76. The maximum absolute atomic E-state index is 12.5. The second-order valence-electron chi connectivity index (χ2n) is 23.9. The van der Waals surface area contributed by atoms with Crippen LogP contribution in [0.2, 0.25) is 0 Å². The lowest BCUT2D eigenvalue weighted by Crippen LogP contribution is -2.45. The topological polar surface area (TPSA) is 95.9 Å². The van der Waals surface area contributed by atoms with Gasteiger partial charge in [-0.05, 0) is 25.7 Å². The number of esters is 1. The molecule has 0 aliphatic carbocycles. The highest BCUT2D eigenvalue weighted by Crippen LogP contribution is 2.19. The van der Waals surface area contributed by atoms with Crippen LogP contribution in [0.4, 0.5) is 0 Å². The summed E-state index contributed by atoms with van der Waals surface area (Å²) in [6.45, 7) is 5.00.